The third kappa shape index (κ3) is 6.58. The van der Waals surface area contributed by atoms with Crippen LogP contribution in [0, 0.1) is 5.92 Å². The minimum atomic E-state index is -4.04. The topological polar surface area (TPSA) is 147 Å². The summed E-state index contributed by atoms with van der Waals surface area (Å²) >= 11 is 0. The number of urea groups is 1. The molecule has 12 heteroatoms. The summed E-state index contributed by atoms with van der Waals surface area (Å²) in [7, 11) is -4.04. The van der Waals surface area contributed by atoms with E-state index >= 15 is 0 Å². The number of hydrogen-bond donors (Lipinski definition) is 4. The van der Waals surface area contributed by atoms with Crippen molar-refractivity contribution in [3.8, 4) is 5.75 Å². The maximum atomic E-state index is 12.8. The van der Waals surface area contributed by atoms with Gasteiger partial charge in [-0.1, -0.05) is 6.07 Å². The number of nitrogens with one attached hydrogen (secondary N) is 4. The molecule has 1 saturated heterocycles. The minimum absolute atomic E-state index is 0.0470. The number of aromatic nitrogens is 3. The number of H-pyrrole nitrogens is 1. The molecule has 0 radical (unpaired) electrons. The number of benzene rings is 2. The van der Waals surface area contributed by atoms with Crippen molar-refractivity contribution in [2.45, 2.75) is 24.3 Å². The van der Waals surface area contributed by atoms with Gasteiger partial charge in [-0.2, -0.15) is 8.42 Å². The van der Waals surface area contributed by atoms with Crippen LogP contribution in [0.3, 0.4) is 0 Å². The Morgan fingerprint density at radius 2 is 1.89 bits per heavy atom. The number of pyridine rings is 1. The number of carbonyl (C=O) groups is 1. The first-order valence-electron chi connectivity index (χ1n) is 12.3. The lowest BCUT2D eigenvalue weighted by atomic mass is 10.0. The van der Waals surface area contributed by atoms with Crippen molar-refractivity contribution in [1.29, 1.82) is 0 Å². The van der Waals surface area contributed by atoms with Crippen LogP contribution >= 0.6 is 0 Å². The summed E-state index contributed by atoms with van der Waals surface area (Å²) in [4.78, 5) is 23.6. The van der Waals surface area contributed by atoms with E-state index in [1.165, 1.54) is 24.3 Å². The molecule has 0 bridgehead atoms. The Balaban J connectivity index is 1.18. The molecule has 11 nitrogen and oxygen atoms in total. The Hall–Kier alpha value is -4.16. The summed E-state index contributed by atoms with van der Waals surface area (Å²) in [6.45, 7) is 2.64. The van der Waals surface area contributed by atoms with Gasteiger partial charge in [-0.05, 0) is 67.3 Å². The van der Waals surface area contributed by atoms with Crippen LogP contribution in [-0.2, 0) is 21.4 Å². The summed E-state index contributed by atoms with van der Waals surface area (Å²) in [5.74, 6) is 0.876. The first kappa shape index (κ1) is 25.5. The molecule has 1 aliphatic heterocycles. The van der Waals surface area contributed by atoms with Crippen LogP contribution in [0.25, 0.3) is 11.0 Å². The Labute approximate surface area is 220 Å². The summed E-state index contributed by atoms with van der Waals surface area (Å²) in [5.41, 5.74) is 2.61. The average molecular weight is 537 g/mol. The number of ether oxygens (including phenoxy) is 1. The standard InChI is InChI=1S/C26H28N6O5S/c33-26(29-17-20-3-1-2-12-27-20)32-25-30-23-9-6-21(15-24(23)31-25)37-38(34,35)22-7-4-19(5-8-22)28-16-18-10-13-36-14-11-18/h1-9,12,15,18,28H,10-11,13-14,16-17H2,(H3,29,30,31,32,33). The van der Waals surface area contributed by atoms with Gasteiger partial charge in [0, 0.05) is 37.7 Å². The lowest BCUT2D eigenvalue weighted by Crippen LogP contribution is -2.28. The summed E-state index contributed by atoms with van der Waals surface area (Å²) in [5, 5.41) is 8.67. The monoisotopic (exact) mass is 536 g/mol. The average Bonchev–Trinajstić information content (AvgIpc) is 3.33. The molecular formula is C26H28N6O5S. The summed E-state index contributed by atoms with van der Waals surface area (Å²) in [6, 6.07) is 16.1. The number of rotatable bonds is 9. The van der Waals surface area contributed by atoms with Crippen molar-refractivity contribution in [2.75, 3.05) is 30.4 Å². The second-order valence-electron chi connectivity index (χ2n) is 8.89. The fourth-order valence-electron chi connectivity index (χ4n) is 4.05. The third-order valence-corrected chi connectivity index (χ3v) is 7.39. The second-order valence-corrected chi connectivity index (χ2v) is 10.4. The predicted molar refractivity (Wildman–Crippen MR) is 142 cm³/mol. The zero-order chi connectivity index (χ0) is 26.4. The quantitative estimate of drug-likeness (QED) is 0.236. The van der Waals surface area contributed by atoms with E-state index in [4.69, 9.17) is 8.92 Å². The van der Waals surface area contributed by atoms with Crippen molar-refractivity contribution >= 4 is 38.8 Å². The number of anilines is 2. The van der Waals surface area contributed by atoms with Crippen molar-refractivity contribution < 1.29 is 22.1 Å². The molecule has 2 aromatic heterocycles. The smallest absolute Gasteiger partial charge is 0.339 e. The fourth-order valence-corrected chi connectivity index (χ4v) is 4.97. The van der Waals surface area contributed by atoms with E-state index in [2.05, 4.69) is 30.9 Å². The number of aromatic amines is 1. The highest BCUT2D eigenvalue weighted by Gasteiger charge is 2.18. The van der Waals surface area contributed by atoms with Crippen LogP contribution in [0.5, 0.6) is 5.75 Å². The molecule has 2 amide bonds. The van der Waals surface area contributed by atoms with E-state index in [0.717, 1.165) is 44.0 Å². The van der Waals surface area contributed by atoms with Crippen LogP contribution in [0.1, 0.15) is 18.5 Å². The molecule has 2 aromatic carbocycles. The second kappa shape index (κ2) is 11.5. The first-order chi connectivity index (χ1) is 18.4. The maximum Gasteiger partial charge on any atom is 0.339 e. The molecule has 0 aliphatic carbocycles. The largest absolute Gasteiger partial charge is 0.385 e. The molecule has 4 N–H and O–H groups in total. The van der Waals surface area contributed by atoms with E-state index in [0.29, 0.717) is 17.0 Å². The van der Waals surface area contributed by atoms with Gasteiger partial charge in [0.25, 0.3) is 0 Å². The zero-order valence-corrected chi connectivity index (χ0v) is 21.3. The maximum absolute atomic E-state index is 12.8. The third-order valence-electron chi connectivity index (χ3n) is 6.13. The number of amides is 2. The van der Waals surface area contributed by atoms with Crippen molar-refractivity contribution in [1.82, 2.24) is 20.3 Å². The highest BCUT2D eigenvalue weighted by Crippen LogP contribution is 2.25. The Bertz CT molecular complexity index is 1490. The van der Waals surface area contributed by atoms with Gasteiger partial charge in [-0.15, -0.1) is 0 Å². The molecule has 1 aliphatic rings. The Kier molecular flexibility index (Phi) is 7.70. The molecule has 0 atom stereocenters. The van der Waals surface area contributed by atoms with Gasteiger partial charge in [-0.3, -0.25) is 10.3 Å². The zero-order valence-electron chi connectivity index (χ0n) is 20.5. The fraction of sp³-hybridized carbons (Fsp3) is 0.269. The highest BCUT2D eigenvalue weighted by atomic mass is 32.2. The molecular weight excluding hydrogens is 508 g/mol. The van der Waals surface area contributed by atoms with E-state index in [9.17, 15) is 13.2 Å². The molecule has 0 saturated carbocycles. The lowest BCUT2D eigenvalue weighted by molar-refractivity contribution is 0.0699. The number of imidazole rings is 1. The summed E-state index contributed by atoms with van der Waals surface area (Å²) < 4.78 is 36.4. The Morgan fingerprint density at radius 3 is 2.66 bits per heavy atom. The predicted octanol–water partition coefficient (Wildman–Crippen LogP) is 3.89. The van der Waals surface area contributed by atoms with Crippen LogP contribution in [0.4, 0.5) is 16.4 Å². The molecule has 4 aromatic rings. The van der Waals surface area contributed by atoms with E-state index < -0.39 is 16.1 Å². The van der Waals surface area contributed by atoms with Gasteiger partial charge >= 0.3 is 16.1 Å². The molecule has 1 fully saturated rings. The van der Waals surface area contributed by atoms with Gasteiger partial charge in [-0.25, -0.2) is 9.78 Å². The number of nitrogens with zero attached hydrogens (tertiary/aromatic N) is 2. The first-order valence-corrected chi connectivity index (χ1v) is 13.7. The van der Waals surface area contributed by atoms with Gasteiger partial charge in [0.05, 0.1) is 23.3 Å². The van der Waals surface area contributed by atoms with Crippen LogP contribution < -0.4 is 20.1 Å². The van der Waals surface area contributed by atoms with Crippen molar-refractivity contribution in [3.05, 3.63) is 72.6 Å². The molecule has 198 valence electrons. The van der Waals surface area contributed by atoms with Crippen molar-refractivity contribution in [3.63, 3.8) is 0 Å². The van der Waals surface area contributed by atoms with Crippen LogP contribution in [-0.4, -0.2) is 49.2 Å². The van der Waals surface area contributed by atoms with Gasteiger partial charge < -0.3 is 24.5 Å². The van der Waals surface area contributed by atoms with E-state index in [-0.39, 0.29) is 23.1 Å². The lowest BCUT2D eigenvalue weighted by Gasteiger charge is -2.22. The Morgan fingerprint density at radius 1 is 1.08 bits per heavy atom. The molecule has 3 heterocycles. The minimum Gasteiger partial charge on any atom is -0.385 e. The van der Waals surface area contributed by atoms with Gasteiger partial charge in [0.15, 0.2) is 0 Å². The number of fused-ring (bicyclic) bond motifs is 1. The van der Waals surface area contributed by atoms with Crippen LogP contribution in [0.2, 0.25) is 0 Å². The molecule has 38 heavy (non-hydrogen) atoms. The number of carbonyl (C=O) groups excluding carboxylic acids is 1. The van der Waals surface area contributed by atoms with E-state index in [1.807, 2.05) is 6.07 Å². The number of hydrogen-bond acceptors (Lipinski definition) is 8. The van der Waals surface area contributed by atoms with E-state index in [1.54, 1.807) is 36.5 Å². The summed E-state index contributed by atoms with van der Waals surface area (Å²) in [6.07, 6.45) is 3.69. The molecule has 0 spiro atoms. The SMILES string of the molecule is O=C(NCc1ccccn1)Nc1nc2ccc(OS(=O)(=O)c3ccc(NCC4CCOCC4)cc3)cc2[nH]1. The normalized spacial score (nSPS) is 14.2. The highest BCUT2D eigenvalue weighted by molar-refractivity contribution is 7.87. The molecule has 0 unspecified atom stereocenters. The van der Waals surface area contributed by atoms with Crippen LogP contribution in [0.15, 0.2) is 71.8 Å². The van der Waals surface area contributed by atoms with Crippen molar-refractivity contribution in [2.24, 2.45) is 5.92 Å². The van der Waals surface area contributed by atoms with Gasteiger partial charge in [0.2, 0.25) is 5.95 Å². The molecule has 5 rings (SSSR count). The van der Waals surface area contributed by atoms with Gasteiger partial charge in [0.1, 0.15) is 10.6 Å².